The summed E-state index contributed by atoms with van der Waals surface area (Å²) in [4.78, 5) is 0. The molecule has 116 valence electrons. The van der Waals surface area contributed by atoms with Crippen LogP contribution in [0, 0.1) is 5.92 Å². The van der Waals surface area contributed by atoms with Crippen LogP contribution in [0.3, 0.4) is 0 Å². The zero-order valence-corrected chi connectivity index (χ0v) is 15.8. The molecule has 0 bridgehead atoms. The van der Waals surface area contributed by atoms with Crippen LogP contribution in [0.4, 0.5) is 0 Å². The van der Waals surface area contributed by atoms with Gasteiger partial charge in [-0.25, -0.2) is 13.1 Å². The molecule has 0 saturated carbocycles. The SMILES string of the molecule is CC(C)CCCCCCNS(=O)(=O)c1cc(Cl)c(Br)s1. The molecule has 0 amide bonds. The number of thiophene rings is 1. The number of hydrogen-bond donors (Lipinski definition) is 1. The van der Waals surface area contributed by atoms with Crippen LogP contribution in [-0.4, -0.2) is 15.0 Å². The molecule has 0 saturated heterocycles. The number of unbranched alkanes of at least 4 members (excludes halogenated alkanes) is 3. The average Bonchev–Trinajstić information content (AvgIpc) is 2.69. The predicted molar refractivity (Wildman–Crippen MR) is 90.1 cm³/mol. The molecule has 0 atom stereocenters. The molecular formula is C13H21BrClNO2S2. The summed E-state index contributed by atoms with van der Waals surface area (Å²) >= 11 is 10.2. The highest BCUT2D eigenvalue weighted by Crippen LogP contribution is 2.34. The minimum absolute atomic E-state index is 0.259. The van der Waals surface area contributed by atoms with Gasteiger partial charge in [0.2, 0.25) is 10.0 Å². The third-order valence-corrected chi connectivity index (χ3v) is 7.30. The van der Waals surface area contributed by atoms with Crippen molar-refractivity contribution in [3.63, 3.8) is 0 Å². The van der Waals surface area contributed by atoms with E-state index in [1.54, 1.807) is 0 Å². The Morgan fingerprint density at radius 3 is 2.50 bits per heavy atom. The van der Waals surface area contributed by atoms with Crippen LogP contribution >= 0.6 is 38.9 Å². The van der Waals surface area contributed by atoms with Crippen molar-refractivity contribution >= 4 is 48.9 Å². The number of rotatable bonds is 9. The number of nitrogens with one attached hydrogen (secondary N) is 1. The first-order chi connectivity index (χ1) is 9.33. The molecule has 7 heteroatoms. The molecule has 0 aliphatic carbocycles. The Hall–Kier alpha value is 0.380. The zero-order chi connectivity index (χ0) is 15.2. The Bertz CT molecular complexity index is 495. The molecule has 1 aromatic rings. The van der Waals surface area contributed by atoms with Crippen molar-refractivity contribution in [2.24, 2.45) is 5.92 Å². The lowest BCUT2D eigenvalue weighted by Gasteiger charge is -2.06. The first-order valence-corrected chi connectivity index (χ1v) is 10.2. The molecule has 0 aliphatic heterocycles. The summed E-state index contributed by atoms with van der Waals surface area (Å²) in [6.07, 6.45) is 5.56. The van der Waals surface area contributed by atoms with E-state index in [1.807, 2.05) is 0 Å². The lowest BCUT2D eigenvalue weighted by atomic mass is 10.0. The fourth-order valence-electron chi connectivity index (χ4n) is 1.77. The Kier molecular flexibility index (Phi) is 8.05. The smallest absolute Gasteiger partial charge is 0.210 e. The summed E-state index contributed by atoms with van der Waals surface area (Å²) in [7, 11) is -3.41. The normalized spacial score (nSPS) is 12.2. The summed E-state index contributed by atoms with van der Waals surface area (Å²) < 4.78 is 27.5. The van der Waals surface area contributed by atoms with Gasteiger partial charge in [0, 0.05) is 6.54 Å². The molecule has 1 heterocycles. The average molecular weight is 403 g/mol. The second kappa shape index (κ2) is 8.73. The second-order valence-electron chi connectivity index (χ2n) is 5.18. The largest absolute Gasteiger partial charge is 0.250 e. The van der Waals surface area contributed by atoms with Gasteiger partial charge in [-0.1, -0.05) is 51.1 Å². The molecule has 0 aliphatic rings. The van der Waals surface area contributed by atoms with Gasteiger partial charge in [0.15, 0.2) is 0 Å². The van der Waals surface area contributed by atoms with E-state index in [-0.39, 0.29) is 4.21 Å². The lowest BCUT2D eigenvalue weighted by Crippen LogP contribution is -2.23. The molecule has 1 N–H and O–H groups in total. The lowest BCUT2D eigenvalue weighted by molar-refractivity contribution is 0.517. The first kappa shape index (κ1) is 18.4. The highest BCUT2D eigenvalue weighted by molar-refractivity contribution is 9.11. The molecule has 3 nitrogen and oxygen atoms in total. The Morgan fingerprint density at radius 2 is 1.95 bits per heavy atom. The van der Waals surface area contributed by atoms with Crippen molar-refractivity contribution in [2.75, 3.05) is 6.54 Å². The van der Waals surface area contributed by atoms with Gasteiger partial charge in [0.1, 0.15) is 4.21 Å². The molecule has 1 aromatic heterocycles. The van der Waals surface area contributed by atoms with E-state index in [4.69, 9.17) is 11.6 Å². The highest BCUT2D eigenvalue weighted by Gasteiger charge is 2.18. The third kappa shape index (κ3) is 6.43. The van der Waals surface area contributed by atoms with Gasteiger partial charge in [-0.3, -0.25) is 0 Å². The molecular weight excluding hydrogens is 382 g/mol. The Labute approximate surface area is 139 Å². The molecule has 0 fully saturated rings. The van der Waals surface area contributed by atoms with Gasteiger partial charge < -0.3 is 0 Å². The van der Waals surface area contributed by atoms with Crippen LogP contribution in [0.25, 0.3) is 0 Å². The molecule has 0 aromatic carbocycles. The molecule has 20 heavy (non-hydrogen) atoms. The van der Waals surface area contributed by atoms with Crippen LogP contribution in [0.2, 0.25) is 5.02 Å². The van der Waals surface area contributed by atoms with Gasteiger partial charge in [0.25, 0.3) is 0 Å². The third-order valence-electron chi connectivity index (χ3n) is 2.89. The van der Waals surface area contributed by atoms with Gasteiger partial charge >= 0.3 is 0 Å². The fraction of sp³-hybridized carbons (Fsp3) is 0.692. The van der Waals surface area contributed by atoms with E-state index in [2.05, 4.69) is 34.5 Å². The maximum Gasteiger partial charge on any atom is 0.250 e. The minimum atomic E-state index is -3.41. The Balaban J connectivity index is 2.27. The standard InChI is InChI=1S/C13H21BrClNO2S2/c1-10(2)7-5-3-4-6-8-16-20(17,18)12-9-11(15)13(14)19-12/h9-10,16H,3-8H2,1-2H3. The first-order valence-electron chi connectivity index (χ1n) is 6.77. The van der Waals surface area contributed by atoms with Crippen LogP contribution in [0.1, 0.15) is 46.0 Å². The van der Waals surface area contributed by atoms with Crippen molar-refractivity contribution < 1.29 is 8.42 Å². The van der Waals surface area contributed by atoms with E-state index in [0.717, 1.165) is 36.5 Å². The summed E-state index contributed by atoms with van der Waals surface area (Å²) in [6.45, 7) is 4.92. The zero-order valence-electron chi connectivity index (χ0n) is 11.8. The predicted octanol–water partition coefficient (Wildman–Crippen LogP) is 5.05. The van der Waals surface area contributed by atoms with E-state index < -0.39 is 10.0 Å². The monoisotopic (exact) mass is 401 g/mol. The van der Waals surface area contributed by atoms with E-state index in [1.165, 1.54) is 18.9 Å². The fourth-order valence-corrected chi connectivity index (χ4v) is 5.29. The van der Waals surface area contributed by atoms with Crippen molar-refractivity contribution in [3.8, 4) is 0 Å². The van der Waals surface area contributed by atoms with Crippen LogP contribution < -0.4 is 4.72 Å². The van der Waals surface area contributed by atoms with E-state index in [9.17, 15) is 8.42 Å². The van der Waals surface area contributed by atoms with Gasteiger partial charge in [-0.05, 0) is 34.3 Å². The van der Waals surface area contributed by atoms with Crippen molar-refractivity contribution in [3.05, 3.63) is 14.9 Å². The van der Waals surface area contributed by atoms with Gasteiger partial charge in [0.05, 0.1) is 8.81 Å². The summed E-state index contributed by atoms with van der Waals surface area (Å²) in [5.74, 6) is 0.746. The van der Waals surface area contributed by atoms with Gasteiger partial charge in [-0.15, -0.1) is 11.3 Å². The summed E-state index contributed by atoms with van der Waals surface area (Å²) in [5.41, 5.74) is 0. The van der Waals surface area contributed by atoms with E-state index >= 15 is 0 Å². The van der Waals surface area contributed by atoms with Crippen molar-refractivity contribution in [1.29, 1.82) is 0 Å². The number of sulfonamides is 1. The maximum atomic E-state index is 12.0. The van der Waals surface area contributed by atoms with Gasteiger partial charge in [-0.2, -0.15) is 0 Å². The quantitative estimate of drug-likeness (QED) is 0.587. The second-order valence-corrected chi connectivity index (χ2v) is 9.95. The van der Waals surface area contributed by atoms with Crippen molar-refractivity contribution in [2.45, 2.75) is 50.2 Å². The topological polar surface area (TPSA) is 46.2 Å². The van der Waals surface area contributed by atoms with Crippen LogP contribution in [0.5, 0.6) is 0 Å². The minimum Gasteiger partial charge on any atom is -0.210 e. The molecule has 0 unspecified atom stereocenters. The maximum absolute atomic E-state index is 12.0. The molecule has 0 spiro atoms. The Morgan fingerprint density at radius 1 is 1.30 bits per heavy atom. The number of halogens is 2. The van der Waals surface area contributed by atoms with E-state index in [0.29, 0.717) is 15.4 Å². The highest BCUT2D eigenvalue weighted by atomic mass is 79.9. The van der Waals surface area contributed by atoms with Crippen molar-refractivity contribution in [1.82, 2.24) is 4.72 Å². The van der Waals surface area contributed by atoms with Crippen LogP contribution in [0.15, 0.2) is 14.1 Å². The van der Waals surface area contributed by atoms with Crippen LogP contribution in [-0.2, 0) is 10.0 Å². The summed E-state index contributed by atoms with van der Waals surface area (Å²) in [6, 6.07) is 1.47. The summed E-state index contributed by atoms with van der Waals surface area (Å²) in [5, 5.41) is 0.434. The number of hydrogen-bond acceptors (Lipinski definition) is 3. The molecule has 0 radical (unpaired) electrons. The molecule has 1 rings (SSSR count).